The van der Waals surface area contributed by atoms with Crippen molar-refractivity contribution in [3.8, 4) is 12.1 Å². The highest BCUT2D eigenvalue weighted by molar-refractivity contribution is 5.50. The molecule has 1 heterocycles. The molecule has 0 amide bonds. The Labute approximate surface area is 145 Å². The quantitative estimate of drug-likeness (QED) is 0.674. The first-order chi connectivity index (χ1) is 11.5. The third-order valence-corrected chi connectivity index (χ3v) is 4.29. The number of hydrogen-bond donors (Lipinski definition) is 0. The molecule has 3 nitrogen and oxygen atoms in total. The lowest BCUT2D eigenvalue weighted by atomic mass is 9.74. The van der Waals surface area contributed by atoms with E-state index in [-0.39, 0.29) is 11.0 Å². The summed E-state index contributed by atoms with van der Waals surface area (Å²) in [6.45, 7) is 7.61. The molecule has 0 atom stereocenters. The molecular formula is C21H25N3. The second kappa shape index (κ2) is 7.84. The van der Waals surface area contributed by atoms with Gasteiger partial charge in [-0.15, -0.1) is 0 Å². The topological polar surface area (TPSA) is 50.8 Å². The lowest BCUT2D eigenvalue weighted by Crippen LogP contribution is -2.18. The van der Waals surface area contributed by atoms with Crippen molar-refractivity contribution in [1.82, 2.24) is 4.90 Å². The second-order valence-corrected chi connectivity index (χ2v) is 7.23. The van der Waals surface area contributed by atoms with Gasteiger partial charge in [0, 0.05) is 18.9 Å². The Kier molecular flexibility index (Phi) is 5.83. The molecule has 2 aliphatic rings. The van der Waals surface area contributed by atoms with Crippen molar-refractivity contribution in [2.45, 2.75) is 46.5 Å². The molecule has 0 aromatic heterocycles. The molecule has 24 heavy (non-hydrogen) atoms. The number of nitriles is 2. The molecule has 0 N–H and O–H groups in total. The van der Waals surface area contributed by atoms with Crippen LogP contribution in [-0.2, 0) is 0 Å². The Morgan fingerprint density at radius 2 is 1.88 bits per heavy atom. The Morgan fingerprint density at radius 3 is 2.46 bits per heavy atom. The van der Waals surface area contributed by atoms with E-state index in [9.17, 15) is 0 Å². The fourth-order valence-electron chi connectivity index (χ4n) is 3.15. The van der Waals surface area contributed by atoms with E-state index in [1.54, 1.807) is 0 Å². The van der Waals surface area contributed by atoms with Crippen LogP contribution in [0.25, 0.3) is 0 Å². The molecule has 0 aromatic rings. The highest BCUT2D eigenvalue weighted by Gasteiger charge is 2.26. The lowest BCUT2D eigenvalue weighted by Gasteiger charge is -2.30. The summed E-state index contributed by atoms with van der Waals surface area (Å²) in [5.74, 6) is 0. The molecule has 124 valence electrons. The van der Waals surface area contributed by atoms with Crippen molar-refractivity contribution < 1.29 is 0 Å². The number of unbranched alkanes of at least 4 members (excludes halogenated alkanes) is 1. The molecule has 0 saturated heterocycles. The van der Waals surface area contributed by atoms with Gasteiger partial charge in [0.05, 0.1) is 0 Å². The fraction of sp³-hybridized carbons (Fsp3) is 0.429. The summed E-state index contributed by atoms with van der Waals surface area (Å²) < 4.78 is 0. The molecule has 0 spiro atoms. The van der Waals surface area contributed by atoms with E-state index in [1.165, 1.54) is 18.4 Å². The monoisotopic (exact) mass is 319 g/mol. The molecule has 1 aliphatic carbocycles. The largest absolute Gasteiger partial charge is 0.354 e. The molecule has 2 rings (SSSR count). The van der Waals surface area contributed by atoms with Crippen molar-refractivity contribution in [2.75, 3.05) is 6.54 Å². The Bertz CT molecular complexity index is 683. The van der Waals surface area contributed by atoms with Crippen molar-refractivity contribution in [3.05, 3.63) is 59.0 Å². The van der Waals surface area contributed by atoms with Crippen LogP contribution in [0.3, 0.4) is 0 Å². The normalized spacial score (nSPS) is 18.7. The molecule has 0 fully saturated rings. The van der Waals surface area contributed by atoms with Gasteiger partial charge in [-0.1, -0.05) is 39.3 Å². The van der Waals surface area contributed by atoms with Crippen LogP contribution in [0.15, 0.2) is 59.0 Å². The van der Waals surface area contributed by atoms with Crippen LogP contribution in [0.2, 0.25) is 0 Å². The van der Waals surface area contributed by atoms with Crippen LogP contribution in [0.5, 0.6) is 0 Å². The van der Waals surface area contributed by atoms with Gasteiger partial charge in [0.2, 0.25) is 0 Å². The average Bonchev–Trinajstić information content (AvgIpc) is 2.54. The summed E-state index contributed by atoms with van der Waals surface area (Å²) in [6.07, 6.45) is 16.8. The first kappa shape index (κ1) is 17.8. The molecule has 3 heteroatoms. The number of allylic oxidation sites excluding steroid dienone is 8. The average molecular weight is 319 g/mol. The van der Waals surface area contributed by atoms with E-state index in [0.717, 1.165) is 30.5 Å². The maximum atomic E-state index is 9.15. The summed E-state index contributed by atoms with van der Waals surface area (Å²) >= 11 is 0. The number of nitrogens with zero attached hydrogens (tertiary/aromatic N) is 3. The van der Waals surface area contributed by atoms with Crippen molar-refractivity contribution in [1.29, 1.82) is 10.5 Å². The zero-order chi connectivity index (χ0) is 17.6. The highest BCUT2D eigenvalue weighted by atomic mass is 15.1. The maximum Gasteiger partial charge on any atom is 0.132 e. The predicted octanol–water partition coefficient (Wildman–Crippen LogP) is 5.15. The van der Waals surface area contributed by atoms with Crippen LogP contribution >= 0.6 is 0 Å². The van der Waals surface area contributed by atoms with Gasteiger partial charge in [0.1, 0.15) is 17.7 Å². The van der Waals surface area contributed by atoms with Gasteiger partial charge in [0.25, 0.3) is 0 Å². The van der Waals surface area contributed by atoms with Gasteiger partial charge in [-0.2, -0.15) is 10.5 Å². The van der Waals surface area contributed by atoms with Crippen molar-refractivity contribution in [2.24, 2.45) is 5.41 Å². The van der Waals surface area contributed by atoms with Crippen molar-refractivity contribution >= 4 is 0 Å². The van der Waals surface area contributed by atoms with Crippen LogP contribution in [0.4, 0.5) is 0 Å². The Balaban J connectivity index is 2.23. The minimum absolute atomic E-state index is 0.0602. The van der Waals surface area contributed by atoms with E-state index < -0.39 is 0 Å². The zero-order valence-electron chi connectivity index (χ0n) is 14.8. The zero-order valence-corrected chi connectivity index (χ0v) is 14.8. The Hall–Kier alpha value is -2.52. The fourth-order valence-corrected chi connectivity index (χ4v) is 3.15. The van der Waals surface area contributed by atoms with Crippen LogP contribution in [0, 0.1) is 28.1 Å². The van der Waals surface area contributed by atoms with E-state index in [2.05, 4.69) is 56.3 Å². The van der Waals surface area contributed by atoms with Crippen molar-refractivity contribution in [3.63, 3.8) is 0 Å². The smallest absolute Gasteiger partial charge is 0.132 e. The standard InChI is InChI=1S/C21H25N3/c1-4-5-8-24-9-6-17(7-10-24)11-18-12-19(20(15-22)16-23)14-21(2,3)13-18/h6-7,9-12H,4-5,8,13-14H2,1-3H3. The number of hydrogen-bond acceptors (Lipinski definition) is 3. The van der Waals surface area contributed by atoms with Gasteiger partial charge < -0.3 is 4.90 Å². The van der Waals surface area contributed by atoms with Gasteiger partial charge >= 0.3 is 0 Å². The van der Waals surface area contributed by atoms with Gasteiger partial charge in [-0.05, 0) is 53.5 Å². The molecular weight excluding hydrogens is 294 g/mol. The second-order valence-electron chi connectivity index (χ2n) is 7.23. The highest BCUT2D eigenvalue weighted by Crippen LogP contribution is 2.39. The molecule has 1 aliphatic heterocycles. The van der Waals surface area contributed by atoms with E-state index >= 15 is 0 Å². The van der Waals surface area contributed by atoms with Gasteiger partial charge in [0.15, 0.2) is 0 Å². The van der Waals surface area contributed by atoms with Gasteiger partial charge in [-0.3, -0.25) is 0 Å². The molecule has 0 unspecified atom stereocenters. The Morgan fingerprint density at radius 1 is 1.21 bits per heavy atom. The number of rotatable bonds is 4. The van der Waals surface area contributed by atoms with Crippen LogP contribution in [0.1, 0.15) is 46.5 Å². The SMILES string of the molecule is CCCCN1C=CC(=CC2=CC(=C(C#N)C#N)CC(C)(C)C2)C=C1. The summed E-state index contributed by atoms with van der Waals surface area (Å²) in [4.78, 5) is 2.20. The molecule has 0 bridgehead atoms. The minimum atomic E-state index is 0.0602. The third-order valence-electron chi connectivity index (χ3n) is 4.29. The van der Waals surface area contributed by atoms with E-state index in [0.29, 0.717) is 0 Å². The van der Waals surface area contributed by atoms with Gasteiger partial charge in [-0.25, -0.2) is 0 Å². The maximum absolute atomic E-state index is 9.15. The minimum Gasteiger partial charge on any atom is -0.354 e. The van der Waals surface area contributed by atoms with Crippen LogP contribution < -0.4 is 0 Å². The first-order valence-corrected chi connectivity index (χ1v) is 8.55. The molecule has 0 saturated carbocycles. The third kappa shape index (κ3) is 4.74. The summed E-state index contributed by atoms with van der Waals surface area (Å²) in [6, 6.07) is 4.05. The van der Waals surface area contributed by atoms with Crippen LogP contribution in [-0.4, -0.2) is 11.4 Å². The first-order valence-electron chi connectivity index (χ1n) is 8.55. The molecule has 0 radical (unpaired) electrons. The van der Waals surface area contributed by atoms with E-state index in [1.807, 2.05) is 18.2 Å². The summed E-state index contributed by atoms with van der Waals surface area (Å²) in [7, 11) is 0. The summed E-state index contributed by atoms with van der Waals surface area (Å²) in [5.41, 5.74) is 3.48. The van der Waals surface area contributed by atoms with E-state index in [4.69, 9.17) is 10.5 Å². The predicted molar refractivity (Wildman–Crippen MR) is 97.3 cm³/mol. The summed E-state index contributed by atoms with van der Waals surface area (Å²) in [5, 5.41) is 18.3. The molecule has 0 aromatic carbocycles. The lowest BCUT2D eigenvalue weighted by molar-refractivity contribution is 0.354.